The molecule has 0 N–H and O–H groups in total. The summed E-state index contributed by atoms with van der Waals surface area (Å²) in [6.45, 7) is 0. The third kappa shape index (κ3) is 3.70. The Kier molecular flexibility index (Phi) is 4.89. The molecule has 0 aliphatic carbocycles. The van der Waals surface area contributed by atoms with Crippen molar-refractivity contribution in [1.82, 2.24) is 9.55 Å². The molecule has 0 atom stereocenters. The zero-order chi connectivity index (χ0) is 20.7. The maximum Gasteiger partial charge on any atom is 0.434 e. The van der Waals surface area contributed by atoms with E-state index in [-0.39, 0.29) is 23.0 Å². The van der Waals surface area contributed by atoms with Crippen molar-refractivity contribution >= 4 is 17.3 Å². The minimum Gasteiger partial charge on any atom is -0.267 e. The van der Waals surface area contributed by atoms with Crippen LogP contribution in [0.4, 0.5) is 32.0 Å². The first-order valence-corrected chi connectivity index (χ1v) is 6.81. The molecule has 142 valence electrons. The van der Waals surface area contributed by atoms with Gasteiger partial charge in [0, 0.05) is 6.07 Å². The minimum atomic E-state index is -5.18. The molecule has 1 heterocycles. The van der Waals surface area contributed by atoms with Gasteiger partial charge in [0.2, 0.25) is 0 Å². The second-order valence-electron chi connectivity index (χ2n) is 4.83. The highest BCUT2D eigenvalue weighted by Crippen LogP contribution is 2.38. The fraction of sp³-hybridized carbons (Fsp3) is 0.154. The van der Waals surface area contributed by atoms with Crippen LogP contribution in [-0.2, 0) is 12.4 Å². The lowest BCUT2D eigenvalue weighted by molar-refractivity contribution is -0.384. The van der Waals surface area contributed by atoms with Gasteiger partial charge in [0.15, 0.2) is 5.69 Å². The normalized spacial score (nSPS) is 11.9. The summed E-state index contributed by atoms with van der Waals surface area (Å²) in [6, 6.07) is 1.28. The van der Waals surface area contributed by atoms with E-state index in [0.717, 1.165) is 6.07 Å². The average molecular weight is 413 g/mol. The van der Waals surface area contributed by atoms with Gasteiger partial charge in [-0.2, -0.15) is 31.6 Å². The Labute approximate surface area is 149 Å². The summed E-state index contributed by atoms with van der Waals surface area (Å²) >= 11 is 5.62. The third-order valence-electron chi connectivity index (χ3n) is 3.16. The fourth-order valence-corrected chi connectivity index (χ4v) is 2.36. The lowest BCUT2D eigenvalue weighted by atomic mass is 10.1. The van der Waals surface area contributed by atoms with Gasteiger partial charge in [0.05, 0.1) is 15.5 Å². The number of halogens is 7. The van der Waals surface area contributed by atoms with Crippen molar-refractivity contribution in [2.45, 2.75) is 12.4 Å². The van der Waals surface area contributed by atoms with Gasteiger partial charge in [-0.3, -0.25) is 19.5 Å². The summed E-state index contributed by atoms with van der Waals surface area (Å²) in [5, 5.41) is 19.0. The average Bonchev–Trinajstić information content (AvgIpc) is 2.52. The van der Waals surface area contributed by atoms with Crippen molar-refractivity contribution in [2.24, 2.45) is 0 Å². The Balaban J connectivity index is 2.90. The topological polar surface area (TPSA) is 102 Å². The maximum absolute atomic E-state index is 12.8. The van der Waals surface area contributed by atoms with Crippen molar-refractivity contribution in [3.05, 3.63) is 60.8 Å². The van der Waals surface area contributed by atoms with Gasteiger partial charge < -0.3 is 0 Å². The standard InChI is InChI=1S/C13H3ClF6N4O3/c14-7-1-5(12(15,16)17)2-8(24(26)27)9(7)23-4-22-10(13(18,19)20)6(3-21)11(23)25/h1-2,4H. The number of nitriles is 1. The van der Waals surface area contributed by atoms with Gasteiger partial charge in [-0.25, -0.2) is 4.98 Å². The van der Waals surface area contributed by atoms with Gasteiger partial charge in [-0.1, -0.05) is 11.6 Å². The van der Waals surface area contributed by atoms with E-state index in [2.05, 4.69) is 4.98 Å². The highest BCUT2D eigenvalue weighted by Gasteiger charge is 2.39. The maximum atomic E-state index is 12.8. The lowest BCUT2D eigenvalue weighted by Crippen LogP contribution is -2.27. The first-order chi connectivity index (χ1) is 12.3. The van der Waals surface area contributed by atoms with Crippen LogP contribution in [0.3, 0.4) is 0 Å². The van der Waals surface area contributed by atoms with Crippen molar-refractivity contribution in [2.75, 3.05) is 0 Å². The van der Waals surface area contributed by atoms with E-state index in [4.69, 9.17) is 16.9 Å². The second kappa shape index (κ2) is 6.54. The quantitative estimate of drug-likeness (QED) is 0.425. The number of alkyl halides is 6. The van der Waals surface area contributed by atoms with Gasteiger partial charge >= 0.3 is 12.4 Å². The number of nitro benzene ring substituents is 1. The molecule has 0 unspecified atom stereocenters. The summed E-state index contributed by atoms with van der Waals surface area (Å²) < 4.78 is 76.9. The zero-order valence-corrected chi connectivity index (χ0v) is 13.1. The highest BCUT2D eigenvalue weighted by atomic mass is 35.5. The zero-order valence-electron chi connectivity index (χ0n) is 12.4. The van der Waals surface area contributed by atoms with Gasteiger partial charge in [0.25, 0.3) is 11.2 Å². The van der Waals surface area contributed by atoms with E-state index in [1.54, 1.807) is 0 Å². The Morgan fingerprint density at radius 3 is 2.22 bits per heavy atom. The van der Waals surface area contributed by atoms with E-state index >= 15 is 0 Å². The van der Waals surface area contributed by atoms with Crippen LogP contribution in [0.5, 0.6) is 0 Å². The molecule has 14 heteroatoms. The molecule has 0 aliphatic heterocycles. The summed E-state index contributed by atoms with van der Waals surface area (Å²) in [7, 11) is 0. The molecule has 27 heavy (non-hydrogen) atoms. The second-order valence-corrected chi connectivity index (χ2v) is 5.24. The van der Waals surface area contributed by atoms with E-state index < -0.39 is 56.1 Å². The van der Waals surface area contributed by atoms with Gasteiger partial charge in [-0.05, 0) is 6.07 Å². The molecule has 2 aromatic rings. The summed E-state index contributed by atoms with van der Waals surface area (Å²) in [5.74, 6) is 0. The largest absolute Gasteiger partial charge is 0.434 e. The lowest BCUT2D eigenvalue weighted by Gasteiger charge is -2.14. The smallest absolute Gasteiger partial charge is 0.267 e. The van der Waals surface area contributed by atoms with Crippen LogP contribution in [0, 0.1) is 21.4 Å². The number of aromatic nitrogens is 2. The Morgan fingerprint density at radius 2 is 1.78 bits per heavy atom. The predicted molar refractivity (Wildman–Crippen MR) is 76.2 cm³/mol. The van der Waals surface area contributed by atoms with Crippen molar-refractivity contribution < 1.29 is 31.3 Å². The highest BCUT2D eigenvalue weighted by molar-refractivity contribution is 6.33. The number of benzene rings is 1. The number of rotatable bonds is 2. The Hall–Kier alpha value is -3.14. The minimum absolute atomic E-state index is 0.0529. The van der Waals surface area contributed by atoms with E-state index in [1.165, 1.54) is 0 Å². The molecule has 1 aromatic carbocycles. The van der Waals surface area contributed by atoms with E-state index in [1.807, 2.05) is 0 Å². The fourth-order valence-electron chi connectivity index (χ4n) is 2.06. The molecule has 7 nitrogen and oxygen atoms in total. The summed E-state index contributed by atoms with van der Waals surface area (Å²) in [4.78, 5) is 24.9. The molecule has 1 aromatic heterocycles. The summed E-state index contributed by atoms with van der Waals surface area (Å²) in [6.07, 6.45) is -10.0. The molecule has 0 spiro atoms. The van der Waals surface area contributed by atoms with Crippen molar-refractivity contribution in [3.63, 3.8) is 0 Å². The number of nitrogens with zero attached hydrogens (tertiary/aromatic N) is 4. The first kappa shape index (κ1) is 20.2. The molecule has 0 saturated carbocycles. The molecule has 0 bridgehead atoms. The van der Waals surface area contributed by atoms with Crippen molar-refractivity contribution in [3.8, 4) is 11.8 Å². The molecule has 0 radical (unpaired) electrons. The molecular weight excluding hydrogens is 410 g/mol. The van der Waals surface area contributed by atoms with Crippen LogP contribution in [0.2, 0.25) is 5.02 Å². The van der Waals surface area contributed by atoms with Crippen LogP contribution >= 0.6 is 11.6 Å². The SMILES string of the molecule is N#Cc1c(C(F)(F)F)ncn(-c2c(Cl)cc(C(F)(F)F)cc2[N+](=O)[O-])c1=O. The third-order valence-corrected chi connectivity index (χ3v) is 3.45. The molecular formula is C13H3ClF6N4O3. The van der Waals surface area contributed by atoms with E-state index in [0.29, 0.717) is 0 Å². The first-order valence-electron chi connectivity index (χ1n) is 6.43. The molecule has 0 aliphatic rings. The van der Waals surface area contributed by atoms with Crippen LogP contribution in [0.25, 0.3) is 5.69 Å². The predicted octanol–water partition coefficient (Wildman–Crippen LogP) is 3.70. The van der Waals surface area contributed by atoms with Crippen LogP contribution in [-0.4, -0.2) is 14.5 Å². The van der Waals surface area contributed by atoms with E-state index in [9.17, 15) is 41.3 Å². The summed E-state index contributed by atoms with van der Waals surface area (Å²) in [5.41, 5.74) is -8.84. The monoisotopic (exact) mass is 412 g/mol. The Morgan fingerprint density at radius 1 is 1.19 bits per heavy atom. The van der Waals surface area contributed by atoms with Crippen LogP contribution in [0.1, 0.15) is 16.8 Å². The molecule has 2 rings (SSSR count). The molecule has 0 saturated heterocycles. The van der Waals surface area contributed by atoms with Crippen molar-refractivity contribution in [1.29, 1.82) is 5.26 Å². The van der Waals surface area contributed by atoms with Crippen LogP contribution in [0.15, 0.2) is 23.3 Å². The molecule has 0 amide bonds. The van der Waals surface area contributed by atoms with Crippen LogP contribution < -0.4 is 5.56 Å². The molecule has 0 fully saturated rings. The number of hydrogen-bond donors (Lipinski definition) is 0. The van der Waals surface area contributed by atoms with Gasteiger partial charge in [-0.15, -0.1) is 0 Å². The number of nitro groups is 1. The Bertz CT molecular complexity index is 1040. The number of hydrogen-bond acceptors (Lipinski definition) is 5. The van der Waals surface area contributed by atoms with Gasteiger partial charge in [0.1, 0.15) is 23.6 Å².